The first-order chi connectivity index (χ1) is 8.22. The number of nitrogens with one attached hydrogen (secondary N) is 1. The summed E-state index contributed by atoms with van der Waals surface area (Å²) in [5, 5.41) is 8.18. The highest BCUT2D eigenvalue weighted by Gasteiger charge is 2.24. The van der Waals surface area contributed by atoms with Gasteiger partial charge < -0.3 is 5.32 Å². The van der Waals surface area contributed by atoms with Crippen molar-refractivity contribution in [3.05, 3.63) is 17.5 Å². The minimum absolute atomic E-state index is 0.536. The van der Waals surface area contributed by atoms with Gasteiger partial charge in [0.05, 0.1) is 11.7 Å². The maximum absolute atomic E-state index is 4.68. The van der Waals surface area contributed by atoms with Crippen molar-refractivity contribution >= 4 is 0 Å². The molecule has 1 saturated carbocycles. The second-order valence-electron chi connectivity index (χ2n) is 5.33. The van der Waals surface area contributed by atoms with Crippen molar-refractivity contribution in [2.24, 2.45) is 0 Å². The Hall–Kier alpha value is -0.830. The summed E-state index contributed by atoms with van der Waals surface area (Å²) in [7, 11) is 2.09. The molecule has 1 aliphatic rings. The Morgan fingerprint density at radius 2 is 1.88 bits per heavy atom. The maximum atomic E-state index is 4.68. The Bertz CT molecular complexity index is 356. The summed E-state index contributed by atoms with van der Waals surface area (Å²) in [6, 6.07) is 3.30. The summed E-state index contributed by atoms with van der Waals surface area (Å²) in [6.07, 6.45) is 7.99. The van der Waals surface area contributed by atoms with Crippen molar-refractivity contribution < 1.29 is 0 Å². The van der Waals surface area contributed by atoms with E-state index in [1.807, 2.05) is 0 Å². The number of hydrogen-bond donors (Lipinski definition) is 1. The van der Waals surface area contributed by atoms with Crippen LogP contribution in [0.4, 0.5) is 0 Å². The van der Waals surface area contributed by atoms with E-state index in [0.717, 1.165) is 5.69 Å². The Labute approximate surface area is 105 Å². The molecule has 2 rings (SSSR count). The van der Waals surface area contributed by atoms with Gasteiger partial charge in [0, 0.05) is 11.7 Å². The van der Waals surface area contributed by atoms with Crippen LogP contribution in [0.2, 0.25) is 0 Å². The summed E-state index contributed by atoms with van der Waals surface area (Å²) < 4.78 is 2.25. The van der Waals surface area contributed by atoms with Gasteiger partial charge in [0.1, 0.15) is 0 Å². The predicted octanol–water partition coefficient (Wildman–Crippen LogP) is 2.98. The van der Waals surface area contributed by atoms with Crippen LogP contribution in [0.15, 0.2) is 6.07 Å². The number of aryl methyl sites for hydroxylation is 2. The predicted molar refractivity (Wildman–Crippen MR) is 71.3 cm³/mol. The van der Waals surface area contributed by atoms with Gasteiger partial charge in [0.25, 0.3) is 0 Å². The van der Waals surface area contributed by atoms with E-state index < -0.39 is 0 Å². The van der Waals surface area contributed by atoms with Crippen LogP contribution in [0, 0.1) is 13.8 Å². The van der Waals surface area contributed by atoms with Crippen LogP contribution in [-0.4, -0.2) is 22.9 Å². The molecule has 0 bridgehead atoms. The summed E-state index contributed by atoms with van der Waals surface area (Å²) in [4.78, 5) is 0. The quantitative estimate of drug-likeness (QED) is 0.854. The minimum atomic E-state index is 0.536. The van der Waals surface area contributed by atoms with Gasteiger partial charge in [0.2, 0.25) is 0 Å². The zero-order valence-corrected chi connectivity index (χ0v) is 11.4. The van der Waals surface area contributed by atoms with Crippen LogP contribution in [0.3, 0.4) is 0 Å². The third kappa shape index (κ3) is 2.89. The number of likely N-dealkylation sites (N-methyl/N-ethyl adjacent to an activating group) is 1. The van der Waals surface area contributed by atoms with Crippen LogP contribution < -0.4 is 5.32 Å². The van der Waals surface area contributed by atoms with E-state index >= 15 is 0 Å². The lowest BCUT2D eigenvalue weighted by atomic mass is 9.92. The Morgan fingerprint density at radius 3 is 2.47 bits per heavy atom. The number of nitrogens with zero attached hydrogens (tertiary/aromatic N) is 2. The lowest BCUT2D eigenvalue weighted by Gasteiger charge is -2.30. The molecule has 1 aromatic heterocycles. The molecule has 1 aromatic rings. The van der Waals surface area contributed by atoms with Crippen molar-refractivity contribution in [2.45, 2.75) is 64.5 Å². The van der Waals surface area contributed by atoms with Gasteiger partial charge >= 0.3 is 0 Å². The van der Waals surface area contributed by atoms with Crippen molar-refractivity contribution in [2.75, 3.05) is 7.05 Å². The second kappa shape index (κ2) is 5.67. The van der Waals surface area contributed by atoms with Gasteiger partial charge in [0.15, 0.2) is 0 Å². The van der Waals surface area contributed by atoms with Crippen LogP contribution in [0.5, 0.6) is 0 Å². The molecule has 2 atom stereocenters. The van der Waals surface area contributed by atoms with Gasteiger partial charge in [-0.2, -0.15) is 5.10 Å². The molecular formula is C14H25N3. The molecule has 1 heterocycles. The SMILES string of the molecule is CNC1CCCCCCC1n1nc(C)cc1C. The monoisotopic (exact) mass is 235 g/mol. The van der Waals surface area contributed by atoms with E-state index in [1.165, 1.54) is 44.2 Å². The van der Waals surface area contributed by atoms with Crippen molar-refractivity contribution in [3.63, 3.8) is 0 Å². The van der Waals surface area contributed by atoms with Gasteiger partial charge in [-0.05, 0) is 39.8 Å². The topological polar surface area (TPSA) is 29.9 Å². The van der Waals surface area contributed by atoms with E-state index in [4.69, 9.17) is 0 Å². The van der Waals surface area contributed by atoms with Gasteiger partial charge in [-0.15, -0.1) is 0 Å². The number of aromatic nitrogens is 2. The zero-order valence-electron chi connectivity index (χ0n) is 11.4. The molecule has 0 radical (unpaired) electrons. The summed E-state index contributed by atoms with van der Waals surface area (Å²) in [5.41, 5.74) is 2.44. The third-order valence-electron chi connectivity index (χ3n) is 3.96. The molecule has 96 valence electrons. The normalized spacial score (nSPS) is 26.5. The smallest absolute Gasteiger partial charge is 0.0675 e. The first-order valence-corrected chi connectivity index (χ1v) is 6.92. The largest absolute Gasteiger partial charge is 0.315 e. The van der Waals surface area contributed by atoms with Crippen LogP contribution in [-0.2, 0) is 0 Å². The molecule has 0 saturated heterocycles. The third-order valence-corrected chi connectivity index (χ3v) is 3.96. The number of hydrogen-bond acceptors (Lipinski definition) is 2. The van der Waals surface area contributed by atoms with E-state index in [0.29, 0.717) is 12.1 Å². The number of rotatable bonds is 2. The molecule has 0 aliphatic heterocycles. The molecule has 0 aromatic carbocycles. The molecular weight excluding hydrogens is 210 g/mol. The van der Waals surface area contributed by atoms with Gasteiger partial charge in [-0.1, -0.05) is 25.7 Å². The fraction of sp³-hybridized carbons (Fsp3) is 0.786. The lowest BCUT2D eigenvalue weighted by Crippen LogP contribution is -2.37. The summed E-state index contributed by atoms with van der Waals surface area (Å²) in [5.74, 6) is 0. The Balaban J connectivity index is 2.21. The Kier molecular flexibility index (Phi) is 4.21. The first-order valence-electron chi connectivity index (χ1n) is 6.92. The fourth-order valence-corrected chi connectivity index (χ4v) is 3.08. The van der Waals surface area contributed by atoms with E-state index in [2.05, 4.69) is 42.1 Å². The zero-order chi connectivity index (χ0) is 12.3. The molecule has 0 spiro atoms. The highest BCUT2D eigenvalue weighted by molar-refractivity contribution is 5.08. The minimum Gasteiger partial charge on any atom is -0.315 e. The Morgan fingerprint density at radius 1 is 1.18 bits per heavy atom. The molecule has 17 heavy (non-hydrogen) atoms. The van der Waals surface area contributed by atoms with Crippen molar-refractivity contribution in [3.8, 4) is 0 Å². The molecule has 3 heteroatoms. The summed E-state index contributed by atoms with van der Waals surface area (Å²) >= 11 is 0. The molecule has 3 nitrogen and oxygen atoms in total. The summed E-state index contributed by atoms with van der Waals surface area (Å²) in [6.45, 7) is 4.26. The molecule has 1 N–H and O–H groups in total. The van der Waals surface area contributed by atoms with Crippen LogP contribution in [0.1, 0.15) is 56.0 Å². The molecule has 1 fully saturated rings. The van der Waals surface area contributed by atoms with E-state index in [1.54, 1.807) is 0 Å². The standard InChI is InChI=1S/C14H25N3/c1-11-10-12(2)17(16-11)14-9-7-5-4-6-8-13(14)15-3/h10,13-15H,4-9H2,1-3H3. The second-order valence-corrected chi connectivity index (χ2v) is 5.33. The average molecular weight is 235 g/mol. The maximum Gasteiger partial charge on any atom is 0.0675 e. The first kappa shape index (κ1) is 12.6. The van der Waals surface area contributed by atoms with E-state index in [9.17, 15) is 0 Å². The molecule has 1 aliphatic carbocycles. The van der Waals surface area contributed by atoms with Gasteiger partial charge in [-0.3, -0.25) is 4.68 Å². The van der Waals surface area contributed by atoms with Gasteiger partial charge in [-0.25, -0.2) is 0 Å². The lowest BCUT2D eigenvalue weighted by molar-refractivity contribution is 0.273. The molecule has 2 unspecified atom stereocenters. The van der Waals surface area contributed by atoms with E-state index in [-0.39, 0.29) is 0 Å². The van der Waals surface area contributed by atoms with Crippen molar-refractivity contribution in [1.82, 2.24) is 15.1 Å². The highest BCUT2D eigenvalue weighted by Crippen LogP contribution is 2.27. The fourth-order valence-electron chi connectivity index (χ4n) is 3.08. The average Bonchev–Trinajstić information content (AvgIpc) is 2.58. The molecule has 0 amide bonds. The highest BCUT2D eigenvalue weighted by atomic mass is 15.3. The van der Waals surface area contributed by atoms with Crippen LogP contribution >= 0.6 is 0 Å². The van der Waals surface area contributed by atoms with Crippen molar-refractivity contribution in [1.29, 1.82) is 0 Å². The van der Waals surface area contributed by atoms with Crippen LogP contribution in [0.25, 0.3) is 0 Å².